The summed E-state index contributed by atoms with van der Waals surface area (Å²) in [5.41, 5.74) is 2.39. The van der Waals surface area contributed by atoms with Crippen molar-refractivity contribution in [3.8, 4) is 0 Å². The van der Waals surface area contributed by atoms with Gasteiger partial charge in [0, 0.05) is 0 Å². The molecular formula is C12H13N3OS. The topological polar surface area (TPSA) is 53.6 Å². The number of hydrogen-bond acceptors (Lipinski definition) is 2. The molecule has 2 aromatic rings. The van der Waals surface area contributed by atoms with E-state index < -0.39 is 0 Å². The average molecular weight is 247 g/mol. The van der Waals surface area contributed by atoms with Crippen LogP contribution in [0, 0.1) is 4.77 Å². The Bertz CT molecular complexity index is 625. The molecule has 88 valence electrons. The molecule has 2 N–H and O–H groups in total. The molecule has 3 rings (SSSR count). The number of benzene rings is 1. The Morgan fingerprint density at radius 1 is 1.29 bits per heavy atom. The molecule has 1 aliphatic rings. The van der Waals surface area contributed by atoms with Crippen LogP contribution in [0.2, 0.25) is 0 Å². The Morgan fingerprint density at radius 3 is 2.88 bits per heavy atom. The van der Waals surface area contributed by atoms with Crippen molar-refractivity contribution in [3.05, 3.63) is 50.6 Å². The van der Waals surface area contributed by atoms with Gasteiger partial charge in [-0.3, -0.25) is 9.67 Å². The van der Waals surface area contributed by atoms with Crippen molar-refractivity contribution in [2.45, 2.75) is 25.3 Å². The highest BCUT2D eigenvalue weighted by molar-refractivity contribution is 7.71. The van der Waals surface area contributed by atoms with Gasteiger partial charge in [0.05, 0.1) is 6.04 Å². The summed E-state index contributed by atoms with van der Waals surface area (Å²) in [6.45, 7) is 0. The smallest absolute Gasteiger partial charge is 0.272 e. The monoisotopic (exact) mass is 247 g/mol. The van der Waals surface area contributed by atoms with E-state index >= 15 is 0 Å². The molecule has 4 nitrogen and oxygen atoms in total. The zero-order chi connectivity index (χ0) is 11.8. The second-order valence-corrected chi connectivity index (χ2v) is 4.72. The van der Waals surface area contributed by atoms with Crippen LogP contribution in [0.5, 0.6) is 0 Å². The van der Waals surface area contributed by atoms with Crippen molar-refractivity contribution in [2.24, 2.45) is 0 Å². The van der Waals surface area contributed by atoms with Crippen molar-refractivity contribution in [3.63, 3.8) is 0 Å². The molecule has 0 amide bonds. The SMILES string of the molecule is O=c1[nH][nH]c(=S)n1C1CCCc2ccccc21. The van der Waals surface area contributed by atoms with Crippen molar-refractivity contribution in [1.29, 1.82) is 0 Å². The minimum atomic E-state index is -0.156. The van der Waals surface area contributed by atoms with Crippen molar-refractivity contribution < 1.29 is 0 Å². The van der Waals surface area contributed by atoms with Crippen molar-refractivity contribution in [1.82, 2.24) is 14.8 Å². The maximum absolute atomic E-state index is 11.8. The molecule has 0 spiro atoms. The number of nitrogens with one attached hydrogen (secondary N) is 2. The number of H-pyrrole nitrogens is 2. The average Bonchev–Trinajstić information content (AvgIpc) is 2.69. The quantitative estimate of drug-likeness (QED) is 0.759. The molecular weight excluding hydrogens is 234 g/mol. The summed E-state index contributed by atoms with van der Waals surface area (Å²) in [5.74, 6) is 0. The minimum absolute atomic E-state index is 0.0717. The summed E-state index contributed by atoms with van der Waals surface area (Å²) in [6, 6.07) is 8.35. The molecule has 5 heteroatoms. The Hall–Kier alpha value is -1.62. The Kier molecular flexibility index (Phi) is 2.48. The number of rotatable bonds is 1. The molecule has 1 aromatic carbocycles. The molecule has 17 heavy (non-hydrogen) atoms. The van der Waals surface area contributed by atoms with Crippen LogP contribution in [0.15, 0.2) is 29.1 Å². The molecule has 1 aromatic heterocycles. The normalized spacial score (nSPS) is 18.9. The van der Waals surface area contributed by atoms with Gasteiger partial charge in [0.15, 0.2) is 4.77 Å². The molecule has 0 saturated carbocycles. The maximum atomic E-state index is 11.8. The third-order valence-corrected chi connectivity index (χ3v) is 3.66. The number of aryl methyl sites for hydroxylation is 1. The summed E-state index contributed by atoms with van der Waals surface area (Å²) in [5, 5.41) is 5.25. The number of aromatic nitrogens is 3. The van der Waals surface area contributed by atoms with Gasteiger partial charge < -0.3 is 0 Å². The summed E-state index contributed by atoms with van der Waals surface area (Å²) >= 11 is 5.16. The van der Waals surface area contributed by atoms with Gasteiger partial charge in [-0.2, -0.15) is 0 Å². The van der Waals surface area contributed by atoms with Gasteiger partial charge in [0.25, 0.3) is 0 Å². The fourth-order valence-electron chi connectivity index (χ4n) is 2.60. The lowest BCUT2D eigenvalue weighted by Crippen LogP contribution is -2.26. The molecule has 0 bridgehead atoms. The second kappa shape index (κ2) is 4.00. The van der Waals surface area contributed by atoms with Gasteiger partial charge in [0.1, 0.15) is 0 Å². The zero-order valence-electron chi connectivity index (χ0n) is 9.27. The van der Waals surface area contributed by atoms with Gasteiger partial charge in [-0.15, -0.1) is 0 Å². The van der Waals surface area contributed by atoms with Gasteiger partial charge >= 0.3 is 5.69 Å². The van der Waals surface area contributed by atoms with Gasteiger partial charge in [-0.05, 0) is 42.6 Å². The van der Waals surface area contributed by atoms with E-state index in [1.165, 1.54) is 11.1 Å². The van der Waals surface area contributed by atoms with Crippen LogP contribution in [0.1, 0.15) is 30.0 Å². The lowest BCUT2D eigenvalue weighted by atomic mass is 9.88. The molecule has 0 aliphatic heterocycles. The number of aromatic amines is 2. The predicted molar refractivity (Wildman–Crippen MR) is 67.8 cm³/mol. The first-order chi connectivity index (χ1) is 8.27. The molecule has 1 unspecified atom stereocenters. The zero-order valence-corrected chi connectivity index (χ0v) is 10.1. The van der Waals surface area contributed by atoms with E-state index in [0.29, 0.717) is 4.77 Å². The van der Waals surface area contributed by atoms with E-state index in [0.717, 1.165) is 19.3 Å². The Morgan fingerprint density at radius 2 is 2.12 bits per heavy atom. The minimum Gasteiger partial charge on any atom is -0.272 e. The van der Waals surface area contributed by atoms with Crippen LogP contribution in [-0.2, 0) is 6.42 Å². The lowest BCUT2D eigenvalue weighted by Gasteiger charge is -2.25. The van der Waals surface area contributed by atoms with E-state index in [4.69, 9.17) is 12.2 Å². The molecule has 0 radical (unpaired) electrons. The van der Waals surface area contributed by atoms with Crippen LogP contribution >= 0.6 is 12.2 Å². The van der Waals surface area contributed by atoms with Crippen molar-refractivity contribution in [2.75, 3.05) is 0 Å². The van der Waals surface area contributed by atoms with E-state index in [9.17, 15) is 4.79 Å². The maximum Gasteiger partial charge on any atom is 0.342 e. The summed E-state index contributed by atoms with van der Waals surface area (Å²) in [6.07, 6.45) is 3.14. The van der Waals surface area contributed by atoms with Crippen LogP contribution in [0.3, 0.4) is 0 Å². The molecule has 0 saturated heterocycles. The molecule has 1 atom stereocenters. The van der Waals surface area contributed by atoms with E-state index in [-0.39, 0.29) is 11.7 Å². The fraction of sp³-hybridized carbons (Fsp3) is 0.333. The van der Waals surface area contributed by atoms with E-state index in [2.05, 4.69) is 22.3 Å². The largest absolute Gasteiger partial charge is 0.342 e. The van der Waals surface area contributed by atoms with Crippen molar-refractivity contribution >= 4 is 12.2 Å². The Labute approximate surface area is 103 Å². The van der Waals surface area contributed by atoms with Crippen LogP contribution in [0.25, 0.3) is 0 Å². The molecule has 1 heterocycles. The summed E-state index contributed by atoms with van der Waals surface area (Å²) in [4.78, 5) is 11.8. The third kappa shape index (κ3) is 1.67. The lowest BCUT2D eigenvalue weighted by molar-refractivity contribution is 0.475. The highest BCUT2D eigenvalue weighted by Gasteiger charge is 2.23. The summed E-state index contributed by atoms with van der Waals surface area (Å²) in [7, 11) is 0. The van der Waals surface area contributed by atoms with Crippen LogP contribution < -0.4 is 5.69 Å². The Balaban J connectivity index is 2.19. The van der Waals surface area contributed by atoms with E-state index in [1.807, 2.05) is 12.1 Å². The highest BCUT2D eigenvalue weighted by atomic mass is 32.1. The van der Waals surface area contributed by atoms with Gasteiger partial charge in [-0.25, -0.2) is 9.89 Å². The number of nitrogens with zero attached hydrogens (tertiary/aromatic N) is 1. The standard InChI is InChI=1S/C12H13N3OS/c16-11-13-14-12(17)15(11)10-7-3-5-8-4-1-2-6-9(8)10/h1-2,4,6,10H,3,5,7H2,(H,13,16)(H,14,17). The van der Waals surface area contributed by atoms with Crippen LogP contribution in [-0.4, -0.2) is 14.8 Å². The predicted octanol–water partition coefficient (Wildman–Crippen LogP) is 2.16. The van der Waals surface area contributed by atoms with Gasteiger partial charge in [0.2, 0.25) is 0 Å². The second-order valence-electron chi connectivity index (χ2n) is 4.34. The first-order valence-corrected chi connectivity index (χ1v) is 6.15. The first-order valence-electron chi connectivity index (χ1n) is 5.74. The first kappa shape index (κ1) is 10.5. The molecule has 1 aliphatic carbocycles. The number of fused-ring (bicyclic) bond motifs is 1. The third-order valence-electron chi connectivity index (χ3n) is 3.36. The highest BCUT2D eigenvalue weighted by Crippen LogP contribution is 2.31. The summed E-state index contributed by atoms with van der Waals surface area (Å²) < 4.78 is 2.12. The number of hydrogen-bond donors (Lipinski definition) is 2. The van der Waals surface area contributed by atoms with Gasteiger partial charge in [-0.1, -0.05) is 24.3 Å². The van der Waals surface area contributed by atoms with Crippen LogP contribution in [0.4, 0.5) is 0 Å². The molecule has 0 fully saturated rings. The fourth-order valence-corrected chi connectivity index (χ4v) is 2.86. The van der Waals surface area contributed by atoms with E-state index in [1.54, 1.807) is 4.57 Å².